The summed E-state index contributed by atoms with van der Waals surface area (Å²) in [5, 5.41) is 0. The number of hydrogen-bond donors (Lipinski definition) is 1. The second-order valence-electron chi connectivity index (χ2n) is 4.21. The van der Waals surface area contributed by atoms with E-state index in [2.05, 4.69) is 19.0 Å². The van der Waals surface area contributed by atoms with Gasteiger partial charge in [-0.05, 0) is 40.1 Å². The number of hydrogen-bond acceptors (Lipinski definition) is 4. The van der Waals surface area contributed by atoms with Crippen molar-refractivity contribution in [2.75, 3.05) is 27.2 Å². The molecule has 4 heteroatoms. The molecule has 0 unspecified atom stereocenters. The summed E-state index contributed by atoms with van der Waals surface area (Å²) in [5.41, 5.74) is 6.63. The van der Waals surface area contributed by atoms with E-state index in [1.54, 1.807) is 0 Å². The fraction of sp³-hybridized carbons (Fsp3) is 0.667. The zero-order chi connectivity index (χ0) is 12.0. The Bertz CT molecular complexity index is 308. The van der Waals surface area contributed by atoms with Crippen molar-refractivity contribution < 1.29 is 9.15 Å². The van der Waals surface area contributed by atoms with Crippen LogP contribution in [0, 0.1) is 6.92 Å². The van der Waals surface area contributed by atoms with Crippen molar-refractivity contribution in [3.05, 3.63) is 23.2 Å². The Kier molecular flexibility index (Phi) is 5.52. The van der Waals surface area contributed by atoms with Gasteiger partial charge in [-0.3, -0.25) is 0 Å². The van der Waals surface area contributed by atoms with Crippen LogP contribution in [0.4, 0.5) is 0 Å². The van der Waals surface area contributed by atoms with Gasteiger partial charge < -0.3 is 19.8 Å². The minimum atomic E-state index is 0.524. The molecule has 1 aromatic heterocycles. The van der Waals surface area contributed by atoms with Crippen molar-refractivity contribution in [3.8, 4) is 0 Å². The molecule has 2 N–H and O–H groups in total. The average molecular weight is 226 g/mol. The molecule has 0 saturated heterocycles. The van der Waals surface area contributed by atoms with Crippen LogP contribution in [0.5, 0.6) is 0 Å². The van der Waals surface area contributed by atoms with E-state index in [-0.39, 0.29) is 0 Å². The van der Waals surface area contributed by atoms with Crippen LogP contribution < -0.4 is 5.73 Å². The first-order valence-corrected chi connectivity index (χ1v) is 5.64. The summed E-state index contributed by atoms with van der Waals surface area (Å²) in [6, 6.07) is 1.97. The Hall–Kier alpha value is -0.840. The predicted octanol–water partition coefficient (Wildman–Crippen LogP) is 1.52. The van der Waals surface area contributed by atoms with Crippen molar-refractivity contribution in [3.63, 3.8) is 0 Å². The SMILES string of the molecule is Cc1oc(COCCCN(C)C)cc1CN. The number of ether oxygens (including phenoxy) is 1. The molecule has 1 heterocycles. The molecule has 0 radical (unpaired) electrons. The molecule has 1 rings (SSSR count). The number of rotatable bonds is 7. The van der Waals surface area contributed by atoms with Gasteiger partial charge >= 0.3 is 0 Å². The highest BCUT2D eigenvalue weighted by molar-refractivity contribution is 5.19. The van der Waals surface area contributed by atoms with Crippen LogP contribution in [0.1, 0.15) is 23.5 Å². The Labute approximate surface area is 97.4 Å². The average Bonchev–Trinajstić information content (AvgIpc) is 2.58. The normalized spacial score (nSPS) is 11.3. The van der Waals surface area contributed by atoms with Gasteiger partial charge in [-0.1, -0.05) is 0 Å². The van der Waals surface area contributed by atoms with Gasteiger partial charge in [0.2, 0.25) is 0 Å². The Balaban J connectivity index is 2.21. The molecule has 0 aliphatic rings. The van der Waals surface area contributed by atoms with Crippen LogP contribution in [0.25, 0.3) is 0 Å². The zero-order valence-electron chi connectivity index (χ0n) is 10.5. The van der Waals surface area contributed by atoms with Gasteiger partial charge in [0.25, 0.3) is 0 Å². The van der Waals surface area contributed by atoms with E-state index < -0.39 is 0 Å². The summed E-state index contributed by atoms with van der Waals surface area (Å²) in [7, 11) is 4.12. The van der Waals surface area contributed by atoms with Gasteiger partial charge in [0.05, 0.1) is 0 Å². The maximum atomic E-state index is 5.57. The summed E-state index contributed by atoms with van der Waals surface area (Å²) in [6.07, 6.45) is 1.04. The summed E-state index contributed by atoms with van der Waals surface area (Å²) in [6.45, 7) is 4.79. The molecule has 4 nitrogen and oxygen atoms in total. The molecule has 0 amide bonds. The van der Waals surface area contributed by atoms with Crippen molar-refractivity contribution in [2.45, 2.75) is 26.5 Å². The maximum absolute atomic E-state index is 5.57. The highest BCUT2D eigenvalue weighted by Crippen LogP contribution is 2.14. The third-order valence-electron chi connectivity index (χ3n) is 2.43. The number of furan rings is 1. The van der Waals surface area contributed by atoms with E-state index >= 15 is 0 Å². The second-order valence-corrected chi connectivity index (χ2v) is 4.21. The lowest BCUT2D eigenvalue weighted by atomic mass is 10.2. The van der Waals surface area contributed by atoms with Crippen LogP contribution >= 0.6 is 0 Å². The van der Waals surface area contributed by atoms with Gasteiger partial charge in [0.1, 0.15) is 18.1 Å². The molecule has 0 fully saturated rings. The van der Waals surface area contributed by atoms with Gasteiger partial charge in [0.15, 0.2) is 0 Å². The van der Waals surface area contributed by atoms with Gasteiger partial charge in [-0.15, -0.1) is 0 Å². The molecule has 16 heavy (non-hydrogen) atoms. The Morgan fingerprint density at radius 1 is 1.44 bits per heavy atom. The minimum Gasteiger partial charge on any atom is -0.464 e. The Morgan fingerprint density at radius 2 is 2.19 bits per heavy atom. The van der Waals surface area contributed by atoms with E-state index in [4.69, 9.17) is 14.9 Å². The largest absolute Gasteiger partial charge is 0.464 e. The van der Waals surface area contributed by atoms with Crippen LogP contribution in [0.15, 0.2) is 10.5 Å². The highest BCUT2D eigenvalue weighted by atomic mass is 16.5. The number of aryl methyl sites for hydroxylation is 1. The fourth-order valence-corrected chi connectivity index (χ4v) is 1.52. The molecular weight excluding hydrogens is 204 g/mol. The zero-order valence-corrected chi connectivity index (χ0v) is 10.5. The van der Waals surface area contributed by atoms with Crippen molar-refractivity contribution in [2.24, 2.45) is 5.73 Å². The minimum absolute atomic E-state index is 0.524. The van der Waals surface area contributed by atoms with Crippen molar-refractivity contribution in [1.29, 1.82) is 0 Å². The third kappa shape index (κ3) is 4.35. The first-order valence-electron chi connectivity index (χ1n) is 5.64. The summed E-state index contributed by atoms with van der Waals surface area (Å²) in [5.74, 6) is 1.76. The molecule has 0 spiro atoms. The topological polar surface area (TPSA) is 51.6 Å². The molecule has 0 aliphatic heterocycles. The standard InChI is InChI=1S/C12H22N2O2/c1-10-11(8-13)7-12(16-10)9-15-6-4-5-14(2)3/h7H,4-6,8-9,13H2,1-3H3. The van der Waals surface area contributed by atoms with Crippen LogP contribution in [0.2, 0.25) is 0 Å². The van der Waals surface area contributed by atoms with Gasteiger partial charge in [-0.25, -0.2) is 0 Å². The monoisotopic (exact) mass is 226 g/mol. The molecule has 1 aromatic rings. The molecule has 92 valence electrons. The van der Waals surface area contributed by atoms with E-state index in [1.165, 1.54) is 0 Å². The van der Waals surface area contributed by atoms with Crippen LogP contribution in [-0.4, -0.2) is 32.1 Å². The van der Waals surface area contributed by atoms with E-state index in [0.29, 0.717) is 13.2 Å². The Morgan fingerprint density at radius 3 is 2.75 bits per heavy atom. The summed E-state index contributed by atoms with van der Waals surface area (Å²) < 4.78 is 11.0. The lowest BCUT2D eigenvalue weighted by Crippen LogP contribution is -2.14. The lowest BCUT2D eigenvalue weighted by molar-refractivity contribution is 0.0988. The van der Waals surface area contributed by atoms with E-state index in [9.17, 15) is 0 Å². The summed E-state index contributed by atoms with van der Waals surface area (Å²) in [4.78, 5) is 2.15. The third-order valence-corrected chi connectivity index (χ3v) is 2.43. The molecule has 0 aliphatic carbocycles. The molecule has 0 saturated carbocycles. The van der Waals surface area contributed by atoms with E-state index in [1.807, 2.05) is 13.0 Å². The van der Waals surface area contributed by atoms with Gasteiger partial charge in [0, 0.05) is 18.7 Å². The summed E-state index contributed by atoms with van der Waals surface area (Å²) >= 11 is 0. The van der Waals surface area contributed by atoms with Crippen LogP contribution in [0.3, 0.4) is 0 Å². The van der Waals surface area contributed by atoms with Crippen molar-refractivity contribution in [1.82, 2.24) is 4.90 Å². The molecule has 0 bridgehead atoms. The maximum Gasteiger partial charge on any atom is 0.130 e. The fourth-order valence-electron chi connectivity index (χ4n) is 1.52. The van der Waals surface area contributed by atoms with Crippen molar-refractivity contribution >= 4 is 0 Å². The second kappa shape index (κ2) is 6.68. The number of nitrogens with two attached hydrogens (primary N) is 1. The quantitative estimate of drug-likeness (QED) is 0.716. The highest BCUT2D eigenvalue weighted by Gasteiger charge is 2.05. The van der Waals surface area contributed by atoms with Crippen LogP contribution in [-0.2, 0) is 17.9 Å². The first-order chi connectivity index (χ1) is 7.63. The molecule has 0 aromatic carbocycles. The van der Waals surface area contributed by atoms with E-state index in [0.717, 1.165) is 36.7 Å². The number of nitrogens with zero attached hydrogens (tertiary/aromatic N) is 1. The predicted molar refractivity (Wildman–Crippen MR) is 64.2 cm³/mol. The van der Waals surface area contributed by atoms with Gasteiger partial charge in [-0.2, -0.15) is 0 Å². The smallest absolute Gasteiger partial charge is 0.130 e. The molecular formula is C12H22N2O2. The molecule has 0 atom stereocenters. The first kappa shape index (κ1) is 13.2. The lowest BCUT2D eigenvalue weighted by Gasteiger charge is -2.08.